The van der Waals surface area contributed by atoms with Crippen LogP contribution in [-0.4, -0.2) is 39.8 Å². The molecule has 3 rings (SSSR count). The Hall–Kier alpha value is -2.68. The largest absolute Gasteiger partial charge is 0.476 e. The molecular formula is C17H19N3O5S. The van der Waals surface area contributed by atoms with Crippen molar-refractivity contribution >= 4 is 34.2 Å². The molecule has 0 bridgehead atoms. The lowest BCUT2D eigenvalue weighted by atomic mass is 10.1. The number of nitrogens with zero attached hydrogens (tertiary/aromatic N) is 2. The molecule has 2 N–H and O–H groups in total. The molecule has 1 aliphatic rings. The molecule has 0 aliphatic heterocycles. The fourth-order valence-corrected chi connectivity index (χ4v) is 4.40. The fourth-order valence-electron chi connectivity index (χ4n) is 3.13. The molecule has 1 amide bonds. The monoisotopic (exact) mass is 377 g/mol. The number of anilines is 1. The van der Waals surface area contributed by atoms with Crippen molar-refractivity contribution in [2.45, 2.75) is 32.1 Å². The van der Waals surface area contributed by atoms with Gasteiger partial charge in [0.05, 0.1) is 18.2 Å². The molecule has 0 saturated heterocycles. The Morgan fingerprint density at radius 1 is 1.27 bits per heavy atom. The molecule has 138 valence electrons. The zero-order valence-corrected chi connectivity index (χ0v) is 15.3. The Morgan fingerprint density at radius 3 is 2.69 bits per heavy atom. The quantitative estimate of drug-likeness (QED) is 0.626. The molecule has 0 atom stereocenters. The van der Waals surface area contributed by atoms with Gasteiger partial charge in [-0.25, -0.2) is 9.59 Å². The number of carbonyl (C=O) groups excluding carboxylic acids is 2. The highest BCUT2D eigenvalue weighted by Gasteiger charge is 2.28. The number of amides is 1. The number of nitrogens with one attached hydrogen (secondary N) is 1. The van der Waals surface area contributed by atoms with Gasteiger partial charge in [0.2, 0.25) is 0 Å². The molecule has 26 heavy (non-hydrogen) atoms. The lowest BCUT2D eigenvalue weighted by Crippen LogP contribution is -2.17. The van der Waals surface area contributed by atoms with Gasteiger partial charge in [0.15, 0.2) is 5.69 Å². The van der Waals surface area contributed by atoms with Crippen LogP contribution in [0, 0.1) is 0 Å². The predicted molar refractivity (Wildman–Crippen MR) is 95.0 cm³/mol. The number of hydrogen-bond donors (Lipinski definition) is 2. The van der Waals surface area contributed by atoms with Crippen LogP contribution in [0.4, 0.5) is 5.00 Å². The van der Waals surface area contributed by atoms with Gasteiger partial charge in [0.1, 0.15) is 5.00 Å². The van der Waals surface area contributed by atoms with Gasteiger partial charge in [-0.1, -0.05) is 6.42 Å². The van der Waals surface area contributed by atoms with E-state index in [0.717, 1.165) is 42.5 Å². The van der Waals surface area contributed by atoms with Crippen LogP contribution in [0.15, 0.2) is 6.20 Å². The normalized spacial score (nSPS) is 13.6. The first kappa shape index (κ1) is 18.1. The summed E-state index contributed by atoms with van der Waals surface area (Å²) in [6, 6.07) is 0. The lowest BCUT2D eigenvalue weighted by Gasteiger charge is -2.07. The summed E-state index contributed by atoms with van der Waals surface area (Å²) in [5.41, 5.74) is 0.921. The van der Waals surface area contributed by atoms with Crippen LogP contribution in [0.5, 0.6) is 0 Å². The van der Waals surface area contributed by atoms with Crippen molar-refractivity contribution in [3.05, 3.63) is 33.5 Å². The van der Waals surface area contributed by atoms with Crippen molar-refractivity contribution in [3.63, 3.8) is 0 Å². The van der Waals surface area contributed by atoms with Gasteiger partial charge >= 0.3 is 11.9 Å². The second-order valence-corrected chi connectivity index (χ2v) is 7.19. The van der Waals surface area contributed by atoms with E-state index < -0.39 is 17.8 Å². The van der Waals surface area contributed by atoms with Crippen molar-refractivity contribution in [3.8, 4) is 0 Å². The summed E-state index contributed by atoms with van der Waals surface area (Å²) < 4.78 is 6.17. The van der Waals surface area contributed by atoms with Gasteiger partial charge < -0.3 is 15.2 Å². The average molecular weight is 377 g/mol. The maximum atomic E-state index is 12.6. The summed E-state index contributed by atoms with van der Waals surface area (Å²) >= 11 is 1.36. The molecule has 0 spiro atoms. The van der Waals surface area contributed by atoms with E-state index in [1.165, 1.54) is 36.4 Å². The maximum Gasteiger partial charge on any atom is 0.357 e. The van der Waals surface area contributed by atoms with Crippen LogP contribution < -0.4 is 5.32 Å². The number of ether oxygens (including phenoxy) is 1. The van der Waals surface area contributed by atoms with Crippen molar-refractivity contribution in [1.82, 2.24) is 9.78 Å². The van der Waals surface area contributed by atoms with Gasteiger partial charge in [-0.2, -0.15) is 5.10 Å². The first-order chi connectivity index (χ1) is 12.4. The smallest absolute Gasteiger partial charge is 0.357 e. The van der Waals surface area contributed by atoms with Gasteiger partial charge in [0, 0.05) is 18.1 Å². The van der Waals surface area contributed by atoms with Crippen LogP contribution in [-0.2, 0) is 24.6 Å². The summed E-state index contributed by atoms with van der Waals surface area (Å²) in [6.45, 7) is 0. The van der Waals surface area contributed by atoms with Gasteiger partial charge in [0.25, 0.3) is 5.91 Å². The molecule has 2 heterocycles. The van der Waals surface area contributed by atoms with Gasteiger partial charge in [-0.05, 0) is 31.2 Å². The minimum atomic E-state index is -1.29. The van der Waals surface area contributed by atoms with Crippen molar-refractivity contribution in [2.75, 3.05) is 12.4 Å². The summed E-state index contributed by atoms with van der Waals surface area (Å²) in [6.07, 6.45) is 6.07. The van der Waals surface area contributed by atoms with E-state index in [9.17, 15) is 19.5 Å². The third-order valence-corrected chi connectivity index (χ3v) is 5.52. The number of rotatable bonds is 4. The first-order valence-electron chi connectivity index (χ1n) is 8.23. The summed E-state index contributed by atoms with van der Waals surface area (Å²) in [7, 11) is 2.84. The molecule has 0 aromatic carbocycles. The van der Waals surface area contributed by atoms with Crippen LogP contribution in [0.25, 0.3) is 0 Å². The first-order valence-corrected chi connectivity index (χ1v) is 9.05. The SMILES string of the molecule is COC(=O)c1c(NC(=O)c2cn(C)nc2C(=O)O)sc2c1CCCCC2. The zero-order valence-electron chi connectivity index (χ0n) is 14.5. The Bertz CT molecular complexity index is 883. The van der Waals surface area contributed by atoms with Crippen LogP contribution in [0.2, 0.25) is 0 Å². The molecule has 0 radical (unpaired) electrons. The molecule has 2 aromatic rings. The van der Waals surface area contributed by atoms with E-state index >= 15 is 0 Å². The highest BCUT2D eigenvalue weighted by Crippen LogP contribution is 2.38. The molecule has 8 nitrogen and oxygen atoms in total. The fraction of sp³-hybridized carbons (Fsp3) is 0.412. The minimum Gasteiger partial charge on any atom is -0.476 e. The van der Waals surface area contributed by atoms with E-state index in [2.05, 4.69) is 10.4 Å². The van der Waals surface area contributed by atoms with E-state index in [1.807, 2.05) is 0 Å². The number of carboxylic acid groups (broad SMARTS) is 1. The number of aryl methyl sites for hydroxylation is 2. The number of hydrogen-bond acceptors (Lipinski definition) is 6. The van der Waals surface area contributed by atoms with E-state index in [4.69, 9.17) is 4.74 Å². The Kier molecular flexibility index (Phi) is 5.08. The summed E-state index contributed by atoms with van der Waals surface area (Å²) in [5.74, 6) is -2.40. The molecular weight excluding hydrogens is 358 g/mol. The summed E-state index contributed by atoms with van der Waals surface area (Å²) in [5, 5.41) is 16.1. The standard InChI is InChI=1S/C17H19N3O5S/c1-20-8-10(13(19-20)16(22)23)14(21)18-15-12(17(24)25-2)9-6-4-3-5-7-11(9)26-15/h8H,3-7H2,1-2H3,(H,18,21)(H,22,23). The molecule has 0 fully saturated rings. The third kappa shape index (κ3) is 3.34. The van der Waals surface area contributed by atoms with E-state index in [-0.39, 0.29) is 11.3 Å². The number of carbonyl (C=O) groups is 3. The number of esters is 1. The van der Waals surface area contributed by atoms with Crippen LogP contribution in [0.3, 0.4) is 0 Å². The molecule has 1 aliphatic carbocycles. The highest BCUT2D eigenvalue weighted by molar-refractivity contribution is 7.17. The van der Waals surface area contributed by atoms with Gasteiger partial charge in [-0.15, -0.1) is 11.3 Å². The average Bonchev–Trinajstić information content (AvgIpc) is 3.07. The second kappa shape index (κ2) is 7.28. The lowest BCUT2D eigenvalue weighted by molar-refractivity contribution is 0.0600. The summed E-state index contributed by atoms with van der Waals surface area (Å²) in [4.78, 5) is 37.3. The molecule has 9 heteroatoms. The van der Waals surface area contributed by atoms with Crippen LogP contribution in [0.1, 0.15) is 60.9 Å². The van der Waals surface area contributed by atoms with Crippen molar-refractivity contribution in [1.29, 1.82) is 0 Å². The number of aromatic carboxylic acids is 1. The Labute approximate surface area is 153 Å². The second-order valence-electron chi connectivity index (χ2n) is 6.08. The number of methoxy groups -OCH3 is 1. The Balaban J connectivity index is 1.98. The van der Waals surface area contributed by atoms with E-state index in [0.29, 0.717) is 10.6 Å². The zero-order chi connectivity index (χ0) is 18.8. The van der Waals surface area contributed by atoms with Crippen molar-refractivity contribution in [2.24, 2.45) is 7.05 Å². The topological polar surface area (TPSA) is 111 Å². The predicted octanol–water partition coefficient (Wildman–Crippen LogP) is 2.49. The number of fused-ring (bicyclic) bond motifs is 1. The number of thiophene rings is 1. The Morgan fingerprint density at radius 2 is 2.00 bits per heavy atom. The molecule has 0 unspecified atom stereocenters. The number of carboxylic acids is 1. The molecule has 2 aromatic heterocycles. The van der Waals surface area contributed by atoms with Crippen molar-refractivity contribution < 1.29 is 24.2 Å². The van der Waals surface area contributed by atoms with E-state index in [1.54, 1.807) is 0 Å². The highest BCUT2D eigenvalue weighted by atomic mass is 32.1. The minimum absolute atomic E-state index is 0.0561. The maximum absolute atomic E-state index is 12.6. The third-order valence-electron chi connectivity index (χ3n) is 4.31. The van der Waals surface area contributed by atoms with Crippen LogP contribution >= 0.6 is 11.3 Å². The molecule has 0 saturated carbocycles. The number of aromatic nitrogens is 2. The van der Waals surface area contributed by atoms with Gasteiger partial charge in [-0.3, -0.25) is 9.48 Å².